The first kappa shape index (κ1) is 35.1. The van der Waals surface area contributed by atoms with Gasteiger partial charge in [0.05, 0.1) is 33.5 Å². The number of amides is 1. The van der Waals surface area contributed by atoms with E-state index in [2.05, 4.69) is 9.46 Å². The number of carbonyl (C=O) groups excluding carboxylic acids is 3. The summed E-state index contributed by atoms with van der Waals surface area (Å²) in [7, 11) is -3.59. The fraction of sp³-hybridized carbons (Fsp3) is 0.320. The number of ether oxygens (including phenoxy) is 2. The molecule has 0 saturated heterocycles. The summed E-state index contributed by atoms with van der Waals surface area (Å²) in [5.41, 5.74) is 0.467. The second-order valence-corrected chi connectivity index (χ2v) is 10.8. The minimum Gasteiger partial charge on any atom is -0.481 e. The van der Waals surface area contributed by atoms with E-state index >= 15 is 0 Å². The van der Waals surface area contributed by atoms with Crippen molar-refractivity contribution in [2.24, 2.45) is 0 Å². The second kappa shape index (κ2) is 17.0. The lowest BCUT2D eigenvalue weighted by atomic mass is 10.2. The number of sulfonamides is 1. The van der Waals surface area contributed by atoms with Gasteiger partial charge in [0.15, 0.2) is 0 Å². The standard InChI is InChI=1S/C13H15Cl2NO5S.C12H13NO6/c1-3-4-7-22(19,20)16-10-6-5-9(14)11(12(10)15)13(18)21-8(2)17;14-10(15)6-9(11(16)17)13-12(18)19-7-8-4-2-1-3-5-8/h5-6,16H,3-4,7H2,1-2H3;1-5,9H,6-7H2,(H,13,18)(H,14,15)(H,16,17)/t;9-/m.0/s1. The molecule has 13 nitrogen and oxygen atoms in total. The summed E-state index contributed by atoms with van der Waals surface area (Å²) in [6.45, 7) is 2.89. The molecule has 0 radical (unpaired) electrons. The quantitative estimate of drug-likeness (QED) is 0.193. The topological polar surface area (TPSA) is 202 Å². The Balaban J connectivity index is 0.000000414. The van der Waals surface area contributed by atoms with E-state index in [1.807, 2.05) is 12.2 Å². The molecule has 0 bridgehead atoms. The maximum Gasteiger partial charge on any atom is 0.408 e. The van der Waals surface area contributed by atoms with Crippen molar-refractivity contribution in [2.45, 2.75) is 45.8 Å². The zero-order valence-corrected chi connectivity index (χ0v) is 24.2. The lowest BCUT2D eigenvalue weighted by molar-refractivity contribution is -0.145. The number of benzene rings is 2. The number of alkyl carbamates (subject to hydrolysis) is 1. The number of aliphatic carboxylic acids is 2. The maximum atomic E-state index is 11.9. The van der Waals surface area contributed by atoms with Gasteiger partial charge in [0.25, 0.3) is 0 Å². The highest BCUT2D eigenvalue weighted by atomic mass is 35.5. The molecule has 0 aromatic heterocycles. The molecular formula is C25H28Cl2N2O11S. The van der Waals surface area contributed by atoms with E-state index in [0.717, 1.165) is 12.5 Å². The van der Waals surface area contributed by atoms with E-state index in [4.69, 9.17) is 38.2 Å². The van der Waals surface area contributed by atoms with Gasteiger partial charge in [0.2, 0.25) is 10.0 Å². The Kier molecular flexibility index (Phi) is 14.6. The first-order valence-corrected chi connectivity index (χ1v) is 14.2. The molecule has 2 rings (SSSR count). The molecule has 4 N–H and O–H groups in total. The largest absolute Gasteiger partial charge is 0.481 e. The van der Waals surface area contributed by atoms with Gasteiger partial charge in [-0.25, -0.2) is 22.8 Å². The van der Waals surface area contributed by atoms with Crippen molar-refractivity contribution in [3.05, 3.63) is 63.6 Å². The van der Waals surface area contributed by atoms with Crippen molar-refractivity contribution in [3.8, 4) is 0 Å². The summed E-state index contributed by atoms with van der Waals surface area (Å²) in [5, 5.41) is 18.9. The molecule has 1 amide bonds. The monoisotopic (exact) mass is 634 g/mol. The average Bonchev–Trinajstić information content (AvgIpc) is 2.88. The highest BCUT2D eigenvalue weighted by Gasteiger charge is 2.24. The van der Waals surface area contributed by atoms with Crippen molar-refractivity contribution in [2.75, 3.05) is 10.5 Å². The number of anilines is 1. The molecule has 41 heavy (non-hydrogen) atoms. The number of carbonyl (C=O) groups is 5. The summed E-state index contributed by atoms with van der Waals surface area (Å²) in [6, 6.07) is 9.92. The number of nitrogens with one attached hydrogen (secondary N) is 2. The summed E-state index contributed by atoms with van der Waals surface area (Å²) < 4.78 is 35.3. The summed E-state index contributed by atoms with van der Waals surface area (Å²) >= 11 is 11.9. The molecule has 0 saturated carbocycles. The van der Waals surface area contributed by atoms with E-state index in [0.29, 0.717) is 12.8 Å². The van der Waals surface area contributed by atoms with Gasteiger partial charge in [-0.2, -0.15) is 0 Å². The molecule has 0 unspecified atom stereocenters. The van der Waals surface area contributed by atoms with Crippen LogP contribution in [0.25, 0.3) is 0 Å². The van der Waals surface area contributed by atoms with Crippen LogP contribution in [0.3, 0.4) is 0 Å². The lowest BCUT2D eigenvalue weighted by Gasteiger charge is -2.12. The van der Waals surface area contributed by atoms with E-state index in [9.17, 15) is 32.4 Å². The zero-order valence-electron chi connectivity index (χ0n) is 21.9. The summed E-state index contributed by atoms with van der Waals surface area (Å²) in [4.78, 5) is 55.1. The molecule has 2 aromatic carbocycles. The van der Waals surface area contributed by atoms with Crippen LogP contribution in [0.2, 0.25) is 10.0 Å². The van der Waals surface area contributed by atoms with E-state index in [1.54, 1.807) is 30.3 Å². The Morgan fingerprint density at radius 1 is 1.00 bits per heavy atom. The molecule has 0 aliphatic carbocycles. The van der Waals surface area contributed by atoms with Gasteiger partial charge in [0.1, 0.15) is 12.6 Å². The normalized spacial score (nSPS) is 11.2. The predicted octanol–water partition coefficient (Wildman–Crippen LogP) is 4.08. The van der Waals surface area contributed by atoms with Crippen molar-refractivity contribution >= 4 is 68.9 Å². The van der Waals surface area contributed by atoms with Crippen LogP contribution < -0.4 is 10.0 Å². The SMILES string of the molecule is CCCCS(=O)(=O)Nc1ccc(Cl)c(C(=O)OC(C)=O)c1Cl.O=C(O)C[C@H](NC(=O)OCc1ccccc1)C(=O)O. The number of esters is 2. The van der Waals surface area contributed by atoms with Crippen LogP contribution in [0.4, 0.5) is 10.5 Å². The zero-order chi connectivity index (χ0) is 31.2. The Bertz CT molecular complexity index is 1350. The number of carboxylic acids is 2. The van der Waals surface area contributed by atoms with Gasteiger partial charge in [-0.05, 0) is 24.1 Å². The van der Waals surface area contributed by atoms with Gasteiger partial charge >= 0.3 is 30.0 Å². The second-order valence-electron chi connectivity index (χ2n) is 8.13. The highest BCUT2D eigenvalue weighted by molar-refractivity contribution is 7.92. The van der Waals surface area contributed by atoms with Crippen LogP contribution in [0.1, 0.15) is 49.0 Å². The van der Waals surface area contributed by atoms with Crippen molar-refractivity contribution in [1.82, 2.24) is 5.32 Å². The van der Waals surface area contributed by atoms with Crippen LogP contribution >= 0.6 is 23.2 Å². The van der Waals surface area contributed by atoms with E-state index in [1.165, 1.54) is 12.1 Å². The summed E-state index contributed by atoms with van der Waals surface area (Å²) in [6.07, 6.45) is -0.487. The molecule has 224 valence electrons. The molecule has 16 heteroatoms. The van der Waals surface area contributed by atoms with Crippen LogP contribution in [-0.2, 0) is 40.5 Å². The number of rotatable bonds is 12. The molecule has 1 atom stereocenters. The predicted molar refractivity (Wildman–Crippen MR) is 148 cm³/mol. The van der Waals surface area contributed by atoms with Crippen LogP contribution in [0.15, 0.2) is 42.5 Å². The van der Waals surface area contributed by atoms with Gasteiger partial charge in [0, 0.05) is 6.92 Å². The minimum absolute atomic E-state index is 0.00216. The van der Waals surface area contributed by atoms with Gasteiger partial charge in [-0.1, -0.05) is 66.9 Å². The first-order chi connectivity index (χ1) is 19.2. The molecule has 0 fully saturated rings. The molecule has 0 spiro atoms. The van der Waals surface area contributed by atoms with Crippen molar-refractivity contribution in [1.29, 1.82) is 0 Å². The molecule has 0 aliphatic rings. The van der Waals surface area contributed by atoms with Gasteiger partial charge in [-0.15, -0.1) is 0 Å². The van der Waals surface area contributed by atoms with Crippen LogP contribution in [-0.4, -0.2) is 60.4 Å². The van der Waals surface area contributed by atoms with Crippen molar-refractivity contribution < 1.29 is 52.1 Å². The fourth-order valence-corrected chi connectivity index (χ4v) is 4.74. The number of hydrogen-bond donors (Lipinski definition) is 4. The number of hydrogen-bond acceptors (Lipinski definition) is 9. The molecule has 2 aromatic rings. The number of carboxylic acid groups (broad SMARTS) is 2. The first-order valence-electron chi connectivity index (χ1n) is 11.8. The minimum atomic E-state index is -3.59. The average molecular weight is 635 g/mol. The maximum absolute atomic E-state index is 11.9. The summed E-state index contributed by atoms with van der Waals surface area (Å²) in [5.74, 6) is -4.70. The third-order valence-corrected chi connectivity index (χ3v) is 6.81. The third-order valence-electron chi connectivity index (χ3n) is 4.75. The molecule has 0 aliphatic heterocycles. The number of unbranched alkanes of at least 4 members (excludes halogenated alkanes) is 1. The van der Waals surface area contributed by atoms with Crippen molar-refractivity contribution in [3.63, 3.8) is 0 Å². The fourth-order valence-electron chi connectivity index (χ4n) is 2.83. The Hall–Kier alpha value is -3.88. The van der Waals surface area contributed by atoms with Gasteiger partial charge < -0.3 is 25.0 Å². The van der Waals surface area contributed by atoms with E-state index in [-0.39, 0.29) is 33.7 Å². The van der Waals surface area contributed by atoms with Crippen LogP contribution in [0, 0.1) is 0 Å². The third kappa shape index (κ3) is 13.4. The van der Waals surface area contributed by atoms with E-state index < -0.39 is 52.5 Å². The Morgan fingerprint density at radius 3 is 2.17 bits per heavy atom. The van der Waals surface area contributed by atoms with Crippen LogP contribution in [0.5, 0.6) is 0 Å². The highest BCUT2D eigenvalue weighted by Crippen LogP contribution is 2.33. The Morgan fingerprint density at radius 2 is 1.63 bits per heavy atom. The van der Waals surface area contributed by atoms with Gasteiger partial charge in [-0.3, -0.25) is 14.3 Å². The smallest absolute Gasteiger partial charge is 0.408 e. The molecule has 0 heterocycles. The molecular weight excluding hydrogens is 607 g/mol. The Labute approximate surface area is 245 Å². The lowest BCUT2D eigenvalue weighted by Crippen LogP contribution is -2.42. The number of halogens is 2.